The standard InChI is InChI=1S/C6H4F4.FH/c7-3-1-4(8)6(10)2-5(3)9;/h1-3,5H;1H. The third-order valence-electron chi connectivity index (χ3n) is 1.14. The van der Waals surface area contributed by atoms with Crippen molar-refractivity contribution in [2.75, 3.05) is 0 Å². The summed E-state index contributed by atoms with van der Waals surface area (Å²) in [5.41, 5.74) is 0. The molecule has 0 saturated carbocycles. The van der Waals surface area contributed by atoms with E-state index in [9.17, 15) is 17.6 Å². The number of hydrogen-bond donors (Lipinski definition) is 0. The number of rotatable bonds is 0. The minimum absolute atomic E-state index is 0. The molecule has 1 rings (SSSR count). The van der Waals surface area contributed by atoms with Crippen LogP contribution >= 0.6 is 0 Å². The number of halogens is 5. The highest BCUT2D eigenvalue weighted by atomic mass is 19.2. The van der Waals surface area contributed by atoms with Crippen molar-refractivity contribution in [1.82, 2.24) is 0 Å². The summed E-state index contributed by atoms with van der Waals surface area (Å²) in [7, 11) is 0. The van der Waals surface area contributed by atoms with Gasteiger partial charge in [0.2, 0.25) is 0 Å². The van der Waals surface area contributed by atoms with Gasteiger partial charge in [0, 0.05) is 0 Å². The van der Waals surface area contributed by atoms with Gasteiger partial charge in [-0.3, -0.25) is 4.70 Å². The minimum Gasteiger partial charge on any atom is -0.269 e. The normalized spacial score (nSPS) is 30.2. The third kappa shape index (κ3) is 2.03. The summed E-state index contributed by atoms with van der Waals surface area (Å²) in [4.78, 5) is 0. The van der Waals surface area contributed by atoms with Gasteiger partial charge in [0.15, 0.2) is 24.0 Å². The highest BCUT2D eigenvalue weighted by Gasteiger charge is 2.24. The Morgan fingerprint density at radius 3 is 1.45 bits per heavy atom. The van der Waals surface area contributed by atoms with Crippen LogP contribution in [-0.4, -0.2) is 12.3 Å². The Bertz CT molecular complexity index is 173. The molecule has 0 radical (unpaired) electrons. The van der Waals surface area contributed by atoms with Crippen LogP contribution in [0, 0.1) is 0 Å². The largest absolute Gasteiger partial charge is 0.269 e. The second kappa shape index (κ2) is 3.50. The van der Waals surface area contributed by atoms with Crippen LogP contribution in [0.15, 0.2) is 23.8 Å². The van der Waals surface area contributed by atoms with Gasteiger partial charge in [0.25, 0.3) is 0 Å². The van der Waals surface area contributed by atoms with Crippen molar-refractivity contribution in [3.8, 4) is 0 Å². The molecule has 0 saturated heterocycles. The monoisotopic (exact) mass is 172 g/mol. The Labute approximate surface area is 59.6 Å². The Kier molecular flexibility index (Phi) is 3.22. The first-order valence-electron chi connectivity index (χ1n) is 2.64. The summed E-state index contributed by atoms with van der Waals surface area (Å²) < 4.78 is 48.2. The van der Waals surface area contributed by atoms with Crippen LogP contribution in [0.4, 0.5) is 22.3 Å². The van der Waals surface area contributed by atoms with Crippen LogP contribution in [0.3, 0.4) is 0 Å². The topological polar surface area (TPSA) is 0 Å². The van der Waals surface area contributed by atoms with Crippen LogP contribution in [0.1, 0.15) is 0 Å². The number of alkyl halides is 2. The molecule has 2 atom stereocenters. The zero-order valence-corrected chi connectivity index (χ0v) is 5.23. The van der Waals surface area contributed by atoms with E-state index in [1.54, 1.807) is 0 Å². The van der Waals surface area contributed by atoms with E-state index < -0.39 is 24.0 Å². The second-order valence-corrected chi connectivity index (χ2v) is 1.92. The Morgan fingerprint density at radius 2 is 1.18 bits per heavy atom. The maximum atomic E-state index is 12.1. The third-order valence-corrected chi connectivity index (χ3v) is 1.14. The van der Waals surface area contributed by atoms with E-state index in [4.69, 9.17) is 0 Å². The van der Waals surface area contributed by atoms with Gasteiger partial charge in [0.05, 0.1) is 0 Å². The summed E-state index contributed by atoms with van der Waals surface area (Å²) >= 11 is 0. The Morgan fingerprint density at radius 1 is 0.909 bits per heavy atom. The quantitative estimate of drug-likeness (QED) is 0.492. The molecular weight excluding hydrogens is 167 g/mol. The summed E-state index contributed by atoms with van der Waals surface area (Å²) in [6.07, 6.45) is -3.56. The molecule has 0 fully saturated rings. The van der Waals surface area contributed by atoms with E-state index in [-0.39, 0.29) is 16.9 Å². The molecule has 5 heteroatoms. The van der Waals surface area contributed by atoms with Crippen molar-refractivity contribution in [1.29, 1.82) is 0 Å². The minimum atomic E-state index is -2.06. The lowest BCUT2D eigenvalue weighted by atomic mass is 10.1. The van der Waals surface area contributed by atoms with E-state index in [0.717, 1.165) is 0 Å². The van der Waals surface area contributed by atoms with Crippen LogP contribution in [0.25, 0.3) is 0 Å². The van der Waals surface area contributed by atoms with Gasteiger partial charge in [-0.05, 0) is 12.2 Å². The van der Waals surface area contributed by atoms with Crippen molar-refractivity contribution in [3.63, 3.8) is 0 Å². The molecule has 11 heavy (non-hydrogen) atoms. The molecule has 0 spiro atoms. The van der Waals surface area contributed by atoms with Crippen LogP contribution < -0.4 is 0 Å². The zero-order chi connectivity index (χ0) is 7.72. The number of allylic oxidation sites excluding steroid dienone is 4. The Balaban J connectivity index is 0.000001000. The first-order chi connectivity index (χ1) is 4.61. The van der Waals surface area contributed by atoms with Crippen molar-refractivity contribution >= 4 is 0 Å². The summed E-state index contributed by atoms with van der Waals surface area (Å²) in [5, 5.41) is 0. The molecule has 1 aliphatic carbocycles. The smallest absolute Gasteiger partial charge is 0.157 e. The first-order valence-corrected chi connectivity index (χ1v) is 2.64. The SMILES string of the molecule is F.FC1=CC(F)C(F)C=C1F. The molecular formula is C6H5F5. The van der Waals surface area contributed by atoms with Crippen LogP contribution in [-0.2, 0) is 0 Å². The molecule has 0 aromatic rings. The molecule has 2 unspecified atom stereocenters. The van der Waals surface area contributed by atoms with Gasteiger partial charge in [0.1, 0.15) is 0 Å². The molecule has 0 amide bonds. The predicted molar refractivity (Wildman–Crippen MR) is 30.7 cm³/mol. The van der Waals surface area contributed by atoms with Gasteiger partial charge >= 0.3 is 0 Å². The Hall–Kier alpha value is -0.870. The van der Waals surface area contributed by atoms with Gasteiger partial charge in [-0.15, -0.1) is 0 Å². The molecule has 0 nitrogen and oxygen atoms in total. The van der Waals surface area contributed by atoms with E-state index in [0.29, 0.717) is 0 Å². The van der Waals surface area contributed by atoms with E-state index in [1.165, 1.54) is 0 Å². The van der Waals surface area contributed by atoms with Crippen molar-refractivity contribution in [2.45, 2.75) is 12.3 Å². The summed E-state index contributed by atoms with van der Waals surface area (Å²) in [6, 6.07) is 0. The second-order valence-electron chi connectivity index (χ2n) is 1.92. The van der Waals surface area contributed by atoms with Gasteiger partial charge < -0.3 is 0 Å². The molecule has 0 aliphatic heterocycles. The van der Waals surface area contributed by atoms with Gasteiger partial charge in [-0.25, -0.2) is 17.6 Å². The molecule has 0 aromatic heterocycles. The highest BCUT2D eigenvalue weighted by molar-refractivity contribution is 5.27. The molecule has 0 N–H and O–H groups in total. The lowest BCUT2D eigenvalue weighted by Gasteiger charge is -2.10. The molecule has 0 heterocycles. The van der Waals surface area contributed by atoms with Gasteiger partial charge in [-0.2, -0.15) is 0 Å². The fraction of sp³-hybridized carbons (Fsp3) is 0.333. The van der Waals surface area contributed by atoms with Crippen molar-refractivity contribution in [3.05, 3.63) is 23.8 Å². The molecule has 64 valence electrons. The summed E-state index contributed by atoms with van der Waals surface area (Å²) in [6.45, 7) is 0. The van der Waals surface area contributed by atoms with Crippen molar-refractivity contribution < 1.29 is 22.3 Å². The maximum absolute atomic E-state index is 12.1. The highest BCUT2D eigenvalue weighted by Crippen LogP contribution is 2.24. The lowest BCUT2D eigenvalue weighted by molar-refractivity contribution is 0.235. The van der Waals surface area contributed by atoms with Crippen LogP contribution in [0.5, 0.6) is 0 Å². The summed E-state index contributed by atoms with van der Waals surface area (Å²) in [5.74, 6) is -2.66. The van der Waals surface area contributed by atoms with Gasteiger partial charge in [-0.1, -0.05) is 0 Å². The average molecular weight is 172 g/mol. The molecule has 0 bridgehead atoms. The van der Waals surface area contributed by atoms with Crippen molar-refractivity contribution in [2.24, 2.45) is 0 Å². The lowest BCUT2D eigenvalue weighted by Crippen LogP contribution is -2.16. The molecule has 1 aliphatic rings. The van der Waals surface area contributed by atoms with E-state index >= 15 is 0 Å². The molecule has 0 aromatic carbocycles. The zero-order valence-electron chi connectivity index (χ0n) is 5.23. The predicted octanol–water partition coefficient (Wildman–Crippen LogP) is 2.54. The fourth-order valence-corrected chi connectivity index (χ4v) is 0.623. The van der Waals surface area contributed by atoms with E-state index in [1.807, 2.05) is 0 Å². The maximum Gasteiger partial charge on any atom is 0.157 e. The van der Waals surface area contributed by atoms with E-state index in [2.05, 4.69) is 0 Å². The van der Waals surface area contributed by atoms with Crippen LogP contribution in [0.2, 0.25) is 0 Å². The number of hydrogen-bond acceptors (Lipinski definition) is 0. The fourth-order valence-electron chi connectivity index (χ4n) is 0.623. The first kappa shape index (κ1) is 10.1. The average Bonchev–Trinajstić information content (AvgIpc) is 1.84.